The summed E-state index contributed by atoms with van der Waals surface area (Å²) in [5.74, 6) is 0.349. The molecule has 0 aliphatic rings. The molecule has 0 spiro atoms. The van der Waals surface area contributed by atoms with Gasteiger partial charge < -0.3 is 10.2 Å². The summed E-state index contributed by atoms with van der Waals surface area (Å²) in [6, 6.07) is 6.68. The van der Waals surface area contributed by atoms with E-state index in [2.05, 4.69) is 15.3 Å². The number of nitrogens with zero attached hydrogens (tertiary/aromatic N) is 3. The molecule has 1 aromatic carbocycles. The molecule has 7 heteroatoms. The highest BCUT2D eigenvalue weighted by Gasteiger charge is 2.15. The molecule has 0 saturated carbocycles. The normalized spacial score (nSPS) is 10.4. The van der Waals surface area contributed by atoms with Gasteiger partial charge in [0.1, 0.15) is 17.8 Å². The number of carbonyl (C=O) groups is 1. The van der Waals surface area contributed by atoms with Crippen LogP contribution in [0.25, 0.3) is 0 Å². The number of anilines is 2. The minimum absolute atomic E-state index is 0.132. The summed E-state index contributed by atoms with van der Waals surface area (Å²) in [5, 5.41) is 4.11. The predicted molar refractivity (Wildman–Crippen MR) is 89.0 cm³/mol. The van der Waals surface area contributed by atoms with Crippen molar-refractivity contribution >= 4 is 40.6 Å². The molecule has 0 bridgehead atoms. The van der Waals surface area contributed by atoms with E-state index >= 15 is 0 Å². The summed E-state index contributed by atoms with van der Waals surface area (Å²) in [6.07, 6.45) is 1.34. The van der Waals surface area contributed by atoms with Gasteiger partial charge in [0.05, 0.1) is 10.7 Å². The maximum absolute atomic E-state index is 12.3. The van der Waals surface area contributed by atoms with E-state index in [9.17, 15) is 4.79 Å². The van der Waals surface area contributed by atoms with Crippen LogP contribution in [0.3, 0.4) is 0 Å². The molecule has 0 unspecified atom stereocenters. The van der Waals surface area contributed by atoms with E-state index in [1.165, 1.54) is 6.33 Å². The zero-order chi connectivity index (χ0) is 16.1. The Bertz CT molecular complexity index is 674. The highest BCUT2D eigenvalue weighted by atomic mass is 35.5. The molecule has 0 radical (unpaired) electrons. The van der Waals surface area contributed by atoms with E-state index in [4.69, 9.17) is 23.2 Å². The lowest BCUT2D eigenvalue weighted by Crippen LogP contribution is -2.31. The zero-order valence-corrected chi connectivity index (χ0v) is 13.8. The number of hydrogen-bond acceptors (Lipinski definition) is 4. The molecular formula is C15H16Cl2N4O. The third-order valence-electron chi connectivity index (χ3n) is 3.13. The molecule has 1 heterocycles. The van der Waals surface area contributed by atoms with E-state index in [0.717, 1.165) is 0 Å². The second-order valence-corrected chi connectivity index (χ2v) is 5.36. The number of amides is 1. The van der Waals surface area contributed by atoms with Crippen molar-refractivity contribution < 1.29 is 4.79 Å². The van der Waals surface area contributed by atoms with Crippen molar-refractivity contribution in [1.82, 2.24) is 14.9 Å². The molecule has 2 aromatic rings. The number of hydrogen-bond donors (Lipinski definition) is 1. The van der Waals surface area contributed by atoms with Gasteiger partial charge in [0.2, 0.25) is 0 Å². The molecule has 22 heavy (non-hydrogen) atoms. The van der Waals surface area contributed by atoms with Crippen LogP contribution in [0.5, 0.6) is 0 Å². The highest BCUT2D eigenvalue weighted by Crippen LogP contribution is 2.27. The lowest BCUT2D eigenvalue weighted by atomic mass is 10.3. The van der Waals surface area contributed by atoms with E-state index in [0.29, 0.717) is 40.3 Å². The van der Waals surface area contributed by atoms with Gasteiger partial charge in [-0.25, -0.2) is 9.97 Å². The zero-order valence-electron chi connectivity index (χ0n) is 12.3. The van der Waals surface area contributed by atoms with E-state index in [-0.39, 0.29) is 5.91 Å². The van der Waals surface area contributed by atoms with Gasteiger partial charge in [-0.3, -0.25) is 4.79 Å². The van der Waals surface area contributed by atoms with Crippen LogP contribution in [0, 0.1) is 0 Å². The average Bonchev–Trinajstić information content (AvgIpc) is 2.52. The fraction of sp³-hybridized carbons (Fsp3) is 0.267. The van der Waals surface area contributed by atoms with E-state index in [1.54, 1.807) is 29.2 Å². The third kappa shape index (κ3) is 3.87. The van der Waals surface area contributed by atoms with Gasteiger partial charge in [0.25, 0.3) is 5.91 Å². The summed E-state index contributed by atoms with van der Waals surface area (Å²) in [7, 11) is 0. The van der Waals surface area contributed by atoms with Crippen LogP contribution in [0.2, 0.25) is 10.0 Å². The Morgan fingerprint density at radius 2 is 1.91 bits per heavy atom. The Labute approximate surface area is 139 Å². The number of carbonyl (C=O) groups excluding carboxylic acids is 1. The first-order valence-electron chi connectivity index (χ1n) is 6.88. The largest absolute Gasteiger partial charge is 0.339 e. The Kier molecular flexibility index (Phi) is 5.57. The molecule has 1 aromatic heterocycles. The van der Waals surface area contributed by atoms with Crippen LogP contribution >= 0.6 is 23.2 Å². The highest BCUT2D eigenvalue weighted by molar-refractivity contribution is 6.35. The number of aromatic nitrogens is 2. The SMILES string of the molecule is CCN(CC)C(=O)c1cc(Nc2cc(Cl)ccc2Cl)ncn1. The van der Waals surface area contributed by atoms with Crippen LogP contribution in [0.4, 0.5) is 11.5 Å². The maximum Gasteiger partial charge on any atom is 0.272 e. The molecule has 0 fully saturated rings. The van der Waals surface area contributed by atoms with Crippen molar-refractivity contribution in [3.63, 3.8) is 0 Å². The first kappa shape index (κ1) is 16.5. The average molecular weight is 339 g/mol. The summed E-state index contributed by atoms with van der Waals surface area (Å²) in [6.45, 7) is 5.10. The fourth-order valence-electron chi connectivity index (χ4n) is 1.95. The monoisotopic (exact) mass is 338 g/mol. The molecular weight excluding hydrogens is 323 g/mol. The Morgan fingerprint density at radius 3 is 2.59 bits per heavy atom. The van der Waals surface area contributed by atoms with Crippen molar-refractivity contribution in [3.05, 3.63) is 46.3 Å². The fourth-order valence-corrected chi connectivity index (χ4v) is 2.28. The lowest BCUT2D eigenvalue weighted by molar-refractivity contribution is 0.0767. The van der Waals surface area contributed by atoms with Crippen LogP contribution in [0.15, 0.2) is 30.6 Å². The molecule has 5 nitrogen and oxygen atoms in total. The molecule has 1 amide bonds. The maximum atomic E-state index is 12.3. The Balaban J connectivity index is 2.25. The standard InChI is InChI=1S/C15H16Cl2N4O/c1-3-21(4-2)15(22)13-8-14(19-9-18-13)20-12-7-10(16)5-6-11(12)17/h5-9H,3-4H2,1-2H3,(H,18,19,20). The summed E-state index contributed by atoms with van der Waals surface area (Å²) >= 11 is 12.1. The molecule has 2 rings (SSSR count). The molecule has 0 aliphatic heterocycles. The number of nitrogens with one attached hydrogen (secondary N) is 1. The molecule has 0 saturated heterocycles. The van der Waals surface area contributed by atoms with Gasteiger partial charge in [0, 0.05) is 24.2 Å². The molecule has 0 atom stereocenters. The van der Waals surface area contributed by atoms with Gasteiger partial charge in [0.15, 0.2) is 0 Å². The van der Waals surface area contributed by atoms with E-state index in [1.807, 2.05) is 13.8 Å². The quantitative estimate of drug-likeness (QED) is 0.894. The van der Waals surface area contributed by atoms with Crippen LogP contribution in [0.1, 0.15) is 24.3 Å². The predicted octanol–water partition coefficient (Wildman–Crippen LogP) is 4.01. The third-order valence-corrected chi connectivity index (χ3v) is 3.69. The van der Waals surface area contributed by atoms with E-state index < -0.39 is 0 Å². The van der Waals surface area contributed by atoms with Crippen LogP contribution < -0.4 is 5.32 Å². The Hall–Kier alpha value is -1.85. The van der Waals surface area contributed by atoms with Crippen molar-refractivity contribution in [2.45, 2.75) is 13.8 Å². The minimum atomic E-state index is -0.132. The summed E-state index contributed by atoms with van der Waals surface area (Å²) in [4.78, 5) is 22.1. The molecule has 0 aliphatic carbocycles. The second-order valence-electron chi connectivity index (χ2n) is 4.52. The van der Waals surface area contributed by atoms with Gasteiger partial charge in [-0.15, -0.1) is 0 Å². The lowest BCUT2D eigenvalue weighted by Gasteiger charge is -2.18. The summed E-state index contributed by atoms with van der Waals surface area (Å²) < 4.78 is 0. The first-order valence-corrected chi connectivity index (χ1v) is 7.64. The van der Waals surface area contributed by atoms with Crippen LogP contribution in [-0.2, 0) is 0 Å². The second kappa shape index (κ2) is 7.42. The van der Waals surface area contributed by atoms with Crippen molar-refractivity contribution in [2.75, 3.05) is 18.4 Å². The van der Waals surface area contributed by atoms with Gasteiger partial charge in [-0.1, -0.05) is 23.2 Å². The smallest absolute Gasteiger partial charge is 0.272 e. The molecule has 1 N–H and O–H groups in total. The number of benzene rings is 1. The van der Waals surface area contributed by atoms with Gasteiger partial charge in [-0.2, -0.15) is 0 Å². The van der Waals surface area contributed by atoms with Crippen molar-refractivity contribution in [1.29, 1.82) is 0 Å². The first-order chi connectivity index (χ1) is 10.5. The Morgan fingerprint density at radius 1 is 1.18 bits per heavy atom. The van der Waals surface area contributed by atoms with Crippen molar-refractivity contribution in [3.8, 4) is 0 Å². The molecule has 116 valence electrons. The van der Waals surface area contributed by atoms with Crippen LogP contribution in [-0.4, -0.2) is 33.9 Å². The number of rotatable bonds is 5. The minimum Gasteiger partial charge on any atom is -0.339 e. The van der Waals surface area contributed by atoms with Gasteiger partial charge >= 0.3 is 0 Å². The van der Waals surface area contributed by atoms with Gasteiger partial charge in [-0.05, 0) is 32.0 Å². The van der Waals surface area contributed by atoms with Crippen molar-refractivity contribution in [2.24, 2.45) is 0 Å². The summed E-state index contributed by atoms with van der Waals surface area (Å²) in [5.41, 5.74) is 0.952. The number of halogens is 2. The topological polar surface area (TPSA) is 58.1 Å².